The van der Waals surface area contributed by atoms with Crippen LogP contribution in [0.2, 0.25) is 0 Å². The molecular weight excluding hydrogens is 216 g/mol. The van der Waals surface area contributed by atoms with E-state index in [4.69, 9.17) is 10.5 Å². The smallest absolute Gasteiger partial charge is 0.222 e. The van der Waals surface area contributed by atoms with E-state index in [-0.39, 0.29) is 0 Å². The van der Waals surface area contributed by atoms with Crippen molar-refractivity contribution in [3.05, 3.63) is 0 Å². The number of nitrogens with zero attached hydrogens (tertiary/aromatic N) is 1. The maximum absolute atomic E-state index is 11.9. The van der Waals surface area contributed by atoms with Gasteiger partial charge >= 0.3 is 0 Å². The van der Waals surface area contributed by atoms with E-state index in [1.807, 2.05) is 11.8 Å². The summed E-state index contributed by atoms with van der Waals surface area (Å²) in [6, 6.07) is 0. The zero-order chi connectivity index (χ0) is 12.5. The maximum Gasteiger partial charge on any atom is 0.222 e. The molecule has 0 aliphatic carbocycles. The Kier molecular flexibility index (Phi) is 7.21. The van der Waals surface area contributed by atoms with E-state index in [0.29, 0.717) is 18.4 Å². The van der Waals surface area contributed by atoms with Crippen molar-refractivity contribution in [2.45, 2.75) is 51.6 Å². The van der Waals surface area contributed by atoms with E-state index in [1.165, 1.54) is 0 Å². The summed E-state index contributed by atoms with van der Waals surface area (Å²) < 4.78 is 5.57. The number of hydrogen-bond acceptors (Lipinski definition) is 3. The van der Waals surface area contributed by atoms with E-state index in [1.54, 1.807) is 0 Å². The topological polar surface area (TPSA) is 55.6 Å². The normalized spacial score (nSPS) is 17.4. The van der Waals surface area contributed by atoms with Gasteiger partial charge in [0, 0.05) is 26.1 Å². The van der Waals surface area contributed by atoms with Crippen LogP contribution in [0.1, 0.15) is 45.4 Å². The van der Waals surface area contributed by atoms with Crippen LogP contribution in [-0.2, 0) is 9.53 Å². The van der Waals surface area contributed by atoms with Gasteiger partial charge in [0.1, 0.15) is 0 Å². The van der Waals surface area contributed by atoms with Gasteiger partial charge in [-0.15, -0.1) is 0 Å². The van der Waals surface area contributed by atoms with Gasteiger partial charge in [-0.2, -0.15) is 0 Å². The predicted molar refractivity (Wildman–Crippen MR) is 68.8 cm³/mol. The first-order chi connectivity index (χ1) is 8.27. The van der Waals surface area contributed by atoms with Gasteiger partial charge in [0.2, 0.25) is 5.91 Å². The predicted octanol–water partition coefficient (Wildman–Crippen LogP) is 1.53. The highest BCUT2D eigenvalue weighted by Gasteiger charge is 2.22. The summed E-state index contributed by atoms with van der Waals surface area (Å²) in [5.41, 5.74) is 5.42. The average molecular weight is 242 g/mol. The van der Waals surface area contributed by atoms with Gasteiger partial charge in [-0.25, -0.2) is 0 Å². The molecule has 0 radical (unpaired) electrons. The standard InChI is InChI=1S/C13H26N2O2/c1-2-17-12-7-10-15(11-8-12)13(16)6-4-3-5-9-14/h12H,2-11,14H2,1H3. The molecule has 0 aromatic carbocycles. The highest BCUT2D eigenvalue weighted by atomic mass is 16.5. The van der Waals surface area contributed by atoms with Gasteiger partial charge < -0.3 is 15.4 Å². The average Bonchev–Trinajstić information content (AvgIpc) is 2.36. The molecule has 100 valence electrons. The first-order valence-corrected chi connectivity index (χ1v) is 6.87. The summed E-state index contributed by atoms with van der Waals surface area (Å²) in [5, 5.41) is 0. The lowest BCUT2D eigenvalue weighted by molar-refractivity contribution is -0.133. The molecule has 0 unspecified atom stereocenters. The molecule has 0 aromatic heterocycles. The molecule has 1 heterocycles. The van der Waals surface area contributed by atoms with Crippen molar-refractivity contribution in [3.8, 4) is 0 Å². The van der Waals surface area contributed by atoms with Crippen LogP contribution >= 0.6 is 0 Å². The molecule has 1 amide bonds. The van der Waals surface area contributed by atoms with Gasteiger partial charge in [-0.1, -0.05) is 6.42 Å². The van der Waals surface area contributed by atoms with Crippen molar-refractivity contribution in [1.82, 2.24) is 4.90 Å². The van der Waals surface area contributed by atoms with Crippen molar-refractivity contribution >= 4 is 5.91 Å². The summed E-state index contributed by atoms with van der Waals surface area (Å²) >= 11 is 0. The number of likely N-dealkylation sites (tertiary alicyclic amines) is 1. The van der Waals surface area contributed by atoms with Crippen molar-refractivity contribution in [2.24, 2.45) is 5.73 Å². The Morgan fingerprint density at radius 2 is 2.00 bits per heavy atom. The summed E-state index contributed by atoms with van der Waals surface area (Å²) in [5.74, 6) is 0.303. The van der Waals surface area contributed by atoms with Crippen LogP contribution in [0, 0.1) is 0 Å². The van der Waals surface area contributed by atoms with Crippen molar-refractivity contribution < 1.29 is 9.53 Å². The zero-order valence-electron chi connectivity index (χ0n) is 11.0. The number of amides is 1. The number of rotatable bonds is 7. The first kappa shape index (κ1) is 14.5. The van der Waals surface area contributed by atoms with Crippen LogP contribution in [0.25, 0.3) is 0 Å². The Bertz CT molecular complexity index is 213. The monoisotopic (exact) mass is 242 g/mol. The second kappa shape index (κ2) is 8.48. The minimum atomic E-state index is 0.303. The molecule has 0 atom stereocenters. The Labute approximate surface area is 104 Å². The molecule has 1 aliphatic rings. The quantitative estimate of drug-likeness (QED) is 0.689. The largest absolute Gasteiger partial charge is 0.378 e. The molecule has 0 saturated carbocycles. The lowest BCUT2D eigenvalue weighted by atomic mass is 10.1. The number of nitrogens with two attached hydrogens (primary N) is 1. The SMILES string of the molecule is CCOC1CCN(C(=O)CCCCCN)CC1. The minimum Gasteiger partial charge on any atom is -0.378 e. The fourth-order valence-corrected chi connectivity index (χ4v) is 2.26. The molecule has 1 aliphatic heterocycles. The Morgan fingerprint density at radius 1 is 1.29 bits per heavy atom. The summed E-state index contributed by atoms with van der Waals surface area (Å²) in [6.45, 7) is 5.25. The lowest BCUT2D eigenvalue weighted by Crippen LogP contribution is -2.40. The van der Waals surface area contributed by atoms with Crippen LogP contribution in [0.5, 0.6) is 0 Å². The van der Waals surface area contributed by atoms with Gasteiger partial charge in [-0.05, 0) is 39.2 Å². The molecule has 2 N–H and O–H groups in total. The number of ether oxygens (including phenoxy) is 1. The summed E-state index contributed by atoms with van der Waals surface area (Å²) in [6.07, 6.45) is 6.09. The second-order valence-electron chi connectivity index (χ2n) is 4.63. The first-order valence-electron chi connectivity index (χ1n) is 6.87. The number of hydrogen-bond donors (Lipinski definition) is 1. The third kappa shape index (κ3) is 5.50. The fourth-order valence-electron chi connectivity index (χ4n) is 2.26. The third-order valence-corrected chi connectivity index (χ3v) is 3.29. The number of carbonyl (C=O) groups is 1. The van der Waals surface area contributed by atoms with Gasteiger partial charge in [0.15, 0.2) is 0 Å². The van der Waals surface area contributed by atoms with Gasteiger partial charge in [0.05, 0.1) is 6.10 Å². The van der Waals surface area contributed by atoms with E-state index in [2.05, 4.69) is 0 Å². The van der Waals surface area contributed by atoms with Crippen LogP contribution in [0.15, 0.2) is 0 Å². The second-order valence-corrected chi connectivity index (χ2v) is 4.63. The zero-order valence-corrected chi connectivity index (χ0v) is 11.0. The maximum atomic E-state index is 11.9. The fraction of sp³-hybridized carbons (Fsp3) is 0.923. The molecule has 4 nitrogen and oxygen atoms in total. The Hall–Kier alpha value is -0.610. The highest BCUT2D eigenvalue weighted by molar-refractivity contribution is 5.76. The number of piperidine rings is 1. The molecule has 17 heavy (non-hydrogen) atoms. The molecule has 0 spiro atoms. The third-order valence-electron chi connectivity index (χ3n) is 3.29. The van der Waals surface area contributed by atoms with Gasteiger partial charge in [-0.3, -0.25) is 4.79 Å². The van der Waals surface area contributed by atoms with Crippen molar-refractivity contribution in [1.29, 1.82) is 0 Å². The number of unbranched alkanes of at least 4 members (excludes halogenated alkanes) is 2. The van der Waals surface area contributed by atoms with Crippen LogP contribution in [0.4, 0.5) is 0 Å². The van der Waals surface area contributed by atoms with Crippen molar-refractivity contribution in [3.63, 3.8) is 0 Å². The van der Waals surface area contributed by atoms with Crippen LogP contribution < -0.4 is 5.73 Å². The molecule has 0 aromatic rings. The van der Waals surface area contributed by atoms with E-state index in [9.17, 15) is 4.79 Å². The van der Waals surface area contributed by atoms with Gasteiger partial charge in [0.25, 0.3) is 0 Å². The van der Waals surface area contributed by atoms with Crippen molar-refractivity contribution in [2.75, 3.05) is 26.2 Å². The Morgan fingerprint density at radius 3 is 2.59 bits per heavy atom. The minimum absolute atomic E-state index is 0.303. The van der Waals surface area contributed by atoms with E-state index >= 15 is 0 Å². The summed E-state index contributed by atoms with van der Waals surface area (Å²) in [4.78, 5) is 13.9. The van der Waals surface area contributed by atoms with Crippen LogP contribution in [-0.4, -0.2) is 43.2 Å². The molecule has 1 saturated heterocycles. The summed E-state index contributed by atoms with van der Waals surface area (Å²) in [7, 11) is 0. The molecule has 1 rings (SSSR count). The highest BCUT2D eigenvalue weighted by Crippen LogP contribution is 2.15. The molecule has 4 heteroatoms. The van der Waals surface area contributed by atoms with E-state index in [0.717, 1.165) is 58.3 Å². The Balaban J connectivity index is 2.12. The number of carbonyl (C=O) groups excluding carboxylic acids is 1. The molecule has 0 bridgehead atoms. The molecular formula is C13H26N2O2. The van der Waals surface area contributed by atoms with Crippen LogP contribution in [0.3, 0.4) is 0 Å². The molecule has 1 fully saturated rings. The lowest BCUT2D eigenvalue weighted by Gasteiger charge is -2.31. The van der Waals surface area contributed by atoms with E-state index < -0.39 is 0 Å².